The van der Waals surface area contributed by atoms with Crippen LogP contribution in [0.25, 0.3) is 0 Å². The number of hydrogen-bond donors (Lipinski definition) is 1. The summed E-state index contributed by atoms with van der Waals surface area (Å²) >= 11 is 0. The molecule has 1 aliphatic rings. The molecule has 2 rings (SSSR count). The largest absolute Gasteiger partial charge is 0.481 e. The first-order valence-corrected chi connectivity index (χ1v) is 6.50. The molecule has 0 spiro atoms. The monoisotopic (exact) mass is 302 g/mol. The van der Waals surface area contributed by atoms with Crippen LogP contribution in [0.5, 0.6) is 5.75 Å². The molecule has 0 aliphatic carbocycles. The lowest BCUT2D eigenvalue weighted by Gasteiger charge is -2.17. The Hall–Kier alpha value is -1.33. The second kappa shape index (κ2) is 8.07. The Morgan fingerprint density at radius 2 is 2.25 bits per heavy atom. The summed E-state index contributed by atoms with van der Waals surface area (Å²) in [6.07, 6.45) is 1.01. The molecule has 1 unspecified atom stereocenters. The first kappa shape index (κ1) is 16.7. The number of amides is 1. The third kappa shape index (κ3) is 4.35. The third-order valence-corrected chi connectivity index (χ3v) is 3.32. The zero-order valence-electron chi connectivity index (χ0n) is 11.5. The van der Waals surface area contributed by atoms with E-state index < -0.39 is 5.82 Å². The molecule has 0 radical (unpaired) electrons. The molecule has 1 fully saturated rings. The van der Waals surface area contributed by atoms with Gasteiger partial charge in [0, 0.05) is 13.1 Å². The van der Waals surface area contributed by atoms with E-state index in [0.717, 1.165) is 26.1 Å². The number of carbonyl (C=O) groups excluding carboxylic acids is 1. The van der Waals surface area contributed by atoms with Crippen LogP contribution in [-0.2, 0) is 4.79 Å². The topological polar surface area (TPSA) is 41.6 Å². The predicted octanol–water partition coefficient (Wildman–Crippen LogP) is 1.69. The van der Waals surface area contributed by atoms with Gasteiger partial charge in [-0.1, -0.05) is 12.1 Å². The Morgan fingerprint density at radius 3 is 2.95 bits per heavy atom. The fourth-order valence-corrected chi connectivity index (χ4v) is 2.31. The predicted molar refractivity (Wildman–Crippen MR) is 77.8 cm³/mol. The summed E-state index contributed by atoms with van der Waals surface area (Å²) in [6.45, 7) is 2.32. The van der Waals surface area contributed by atoms with Gasteiger partial charge in [0.15, 0.2) is 18.2 Å². The molecule has 1 amide bonds. The number of hydrogen-bond acceptors (Lipinski definition) is 3. The number of likely N-dealkylation sites (tertiary alicyclic amines) is 1. The number of halogens is 2. The number of nitrogens with one attached hydrogen (secondary N) is 1. The molecule has 1 aliphatic heterocycles. The second-order valence-electron chi connectivity index (χ2n) is 4.77. The van der Waals surface area contributed by atoms with Crippen LogP contribution < -0.4 is 10.1 Å². The molecule has 6 heteroatoms. The van der Waals surface area contributed by atoms with Gasteiger partial charge in [-0.05, 0) is 38.1 Å². The van der Waals surface area contributed by atoms with Crippen LogP contribution in [-0.4, -0.2) is 44.1 Å². The third-order valence-electron chi connectivity index (χ3n) is 3.32. The van der Waals surface area contributed by atoms with Gasteiger partial charge in [0.1, 0.15) is 0 Å². The maximum absolute atomic E-state index is 13.3. The average molecular weight is 303 g/mol. The van der Waals surface area contributed by atoms with Crippen LogP contribution in [0, 0.1) is 11.7 Å². The molecule has 0 aromatic heterocycles. The molecule has 0 saturated carbocycles. The molecular weight excluding hydrogens is 283 g/mol. The fraction of sp³-hybridized carbons (Fsp3) is 0.500. The molecule has 1 aromatic rings. The van der Waals surface area contributed by atoms with E-state index in [2.05, 4.69) is 5.32 Å². The number of ether oxygens (including phenoxy) is 1. The van der Waals surface area contributed by atoms with Gasteiger partial charge in [0.2, 0.25) is 0 Å². The second-order valence-corrected chi connectivity index (χ2v) is 4.77. The normalized spacial score (nSPS) is 17.7. The van der Waals surface area contributed by atoms with Crippen LogP contribution in [0.2, 0.25) is 0 Å². The van der Waals surface area contributed by atoms with Gasteiger partial charge in [-0.2, -0.15) is 0 Å². The van der Waals surface area contributed by atoms with Crippen molar-refractivity contribution in [2.75, 3.05) is 33.3 Å². The van der Waals surface area contributed by atoms with Crippen LogP contribution >= 0.6 is 12.4 Å². The van der Waals surface area contributed by atoms with Crippen LogP contribution in [0.4, 0.5) is 4.39 Å². The van der Waals surface area contributed by atoms with Crippen molar-refractivity contribution in [3.05, 3.63) is 30.1 Å². The first-order valence-electron chi connectivity index (χ1n) is 6.50. The Morgan fingerprint density at radius 1 is 1.50 bits per heavy atom. The average Bonchev–Trinajstić information content (AvgIpc) is 2.87. The SMILES string of the molecule is CNCC1CCN(C(=O)COc2ccccc2F)C1.Cl. The summed E-state index contributed by atoms with van der Waals surface area (Å²) in [4.78, 5) is 13.7. The molecule has 112 valence electrons. The van der Waals surface area contributed by atoms with Crippen molar-refractivity contribution in [1.29, 1.82) is 0 Å². The summed E-state index contributed by atoms with van der Waals surface area (Å²) in [5.74, 6) is 0.107. The van der Waals surface area contributed by atoms with Crippen molar-refractivity contribution in [2.24, 2.45) is 5.92 Å². The number of benzene rings is 1. The molecule has 4 nitrogen and oxygen atoms in total. The maximum atomic E-state index is 13.3. The van der Waals surface area contributed by atoms with Gasteiger partial charge in [-0.25, -0.2) is 4.39 Å². The smallest absolute Gasteiger partial charge is 0.260 e. The minimum atomic E-state index is -0.440. The van der Waals surface area contributed by atoms with Crippen molar-refractivity contribution in [3.8, 4) is 5.75 Å². The fourth-order valence-electron chi connectivity index (χ4n) is 2.31. The zero-order valence-corrected chi connectivity index (χ0v) is 12.3. The van der Waals surface area contributed by atoms with Crippen LogP contribution in [0.1, 0.15) is 6.42 Å². The lowest BCUT2D eigenvalue weighted by Crippen LogP contribution is -2.34. The molecule has 1 saturated heterocycles. The molecular formula is C14H20ClFN2O2. The molecule has 1 N–H and O–H groups in total. The van der Waals surface area contributed by atoms with E-state index in [1.807, 2.05) is 7.05 Å². The van der Waals surface area contributed by atoms with Gasteiger partial charge in [0.05, 0.1) is 0 Å². The Labute approximate surface area is 124 Å². The van der Waals surface area contributed by atoms with E-state index in [1.165, 1.54) is 12.1 Å². The summed E-state index contributed by atoms with van der Waals surface area (Å²) < 4.78 is 18.5. The van der Waals surface area contributed by atoms with Crippen molar-refractivity contribution in [3.63, 3.8) is 0 Å². The first-order chi connectivity index (χ1) is 9.20. The minimum Gasteiger partial charge on any atom is -0.481 e. The molecule has 1 heterocycles. The van der Waals surface area contributed by atoms with Crippen molar-refractivity contribution in [1.82, 2.24) is 10.2 Å². The van der Waals surface area contributed by atoms with Crippen LogP contribution in [0.15, 0.2) is 24.3 Å². The van der Waals surface area contributed by atoms with E-state index in [0.29, 0.717) is 5.92 Å². The number of para-hydroxylation sites is 1. The lowest BCUT2D eigenvalue weighted by molar-refractivity contribution is -0.132. The van der Waals surface area contributed by atoms with Crippen molar-refractivity contribution in [2.45, 2.75) is 6.42 Å². The standard InChI is InChI=1S/C14H19FN2O2.ClH/c1-16-8-11-6-7-17(9-11)14(18)10-19-13-5-3-2-4-12(13)15;/h2-5,11,16H,6-10H2,1H3;1H. The highest BCUT2D eigenvalue weighted by atomic mass is 35.5. The summed E-state index contributed by atoms with van der Waals surface area (Å²) in [5, 5.41) is 3.12. The Balaban J connectivity index is 0.00000200. The minimum absolute atomic E-state index is 0. The van der Waals surface area contributed by atoms with Gasteiger partial charge in [-0.15, -0.1) is 12.4 Å². The van der Waals surface area contributed by atoms with E-state index in [9.17, 15) is 9.18 Å². The van der Waals surface area contributed by atoms with Gasteiger partial charge >= 0.3 is 0 Å². The number of rotatable bonds is 5. The highest BCUT2D eigenvalue weighted by Gasteiger charge is 2.25. The van der Waals surface area contributed by atoms with Crippen molar-refractivity contribution < 1.29 is 13.9 Å². The number of nitrogens with zero attached hydrogens (tertiary/aromatic N) is 1. The molecule has 1 aromatic carbocycles. The van der Waals surface area contributed by atoms with Crippen LogP contribution in [0.3, 0.4) is 0 Å². The quantitative estimate of drug-likeness (QED) is 0.900. The van der Waals surface area contributed by atoms with Gasteiger partial charge in [0.25, 0.3) is 5.91 Å². The van der Waals surface area contributed by atoms with Gasteiger partial charge < -0.3 is 15.0 Å². The Bertz CT molecular complexity index is 445. The van der Waals surface area contributed by atoms with Crippen molar-refractivity contribution >= 4 is 18.3 Å². The molecule has 1 atom stereocenters. The highest BCUT2D eigenvalue weighted by Crippen LogP contribution is 2.17. The molecule has 0 bridgehead atoms. The van der Waals surface area contributed by atoms with E-state index in [1.54, 1.807) is 17.0 Å². The summed E-state index contributed by atoms with van der Waals surface area (Å²) in [6, 6.07) is 6.11. The summed E-state index contributed by atoms with van der Waals surface area (Å²) in [5.41, 5.74) is 0. The summed E-state index contributed by atoms with van der Waals surface area (Å²) in [7, 11) is 1.91. The van der Waals surface area contributed by atoms with E-state index in [4.69, 9.17) is 4.74 Å². The highest BCUT2D eigenvalue weighted by molar-refractivity contribution is 5.85. The van der Waals surface area contributed by atoms with Gasteiger partial charge in [-0.3, -0.25) is 4.79 Å². The van der Waals surface area contributed by atoms with E-state index >= 15 is 0 Å². The maximum Gasteiger partial charge on any atom is 0.260 e. The number of carbonyl (C=O) groups is 1. The zero-order chi connectivity index (χ0) is 13.7. The Kier molecular flexibility index (Phi) is 6.75. The van der Waals surface area contributed by atoms with E-state index in [-0.39, 0.29) is 30.7 Å². The molecule has 20 heavy (non-hydrogen) atoms. The lowest BCUT2D eigenvalue weighted by atomic mass is 10.1.